The van der Waals surface area contributed by atoms with Crippen LogP contribution >= 0.6 is 23.2 Å². The lowest BCUT2D eigenvalue weighted by atomic mass is 10.1. The van der Waals surface area contributed by atoms with Crippen molar-refractivity contribution in [2.45, 2.75) is 24.2 Å². The minimum Gasteiger partial charge on any atom is -0.341 e. The zero-order chi connectivity index (χ0) is 19.4. The highest BCUT2D eigenvalue weighted by Crippen LogP contribution is 2.30. The lowest BCUT2D eigenvalue weighted by molar-refractivity contribution is -0.130. The molecule has 0 bridgehead atoms. The molecule has 0 atom stereocenters. The van der Waals surface area contributed by atoms with E-state index in [0.717, 1.165) is 23.6 Å². The number of rotatable bonds is 5. The Kier molecular flexibility index (Phi) is 6.29. The second kappa shape index (κ2) is 8.50. The maximum Gasteiger partial charge on any atom is 0.264 e. The van der Waals surface area contributed by atoms with Crippen molar-refractivity contribution in [1.82, 2.24) is 4.90 Å². The van der Waals surface area contributed by atoms with Gasteiger partial charge in [-0.15, -0.1) is 0 Å². The molecule has 0 aliphatic carbocycles. The molecule has 0 N–H and O–H groups in total. The summed E-state index contributed by atoms with van der Waals surface area (Å²) in [5.74, 6) is -0.222. The van der Waals surface area contributed by atoms with E-state index in [2.05, 4.69) is 0 Å². The van der Waals surface area contributed by atoms with Crippen LogP contribution < -0.4 is 4.31 Å². The molecule has 8 heteroatoms. The largest absolute Gasteiger partial charge is 0.341 e. The van der Waals surface area contributed by atoms with Gasteiger partial charge < -0.3 is 4.90 Å². The first-order chi connectivity index (χ1) is 12.9. The Bertz CT molecular complexity index is 914. The van der Waals surface area contributed by atoms with E-state index in [1.54, 1.807) is 29.2 Å². The smallest absolute Gasteiger partial charge is 0.264 e. The summed E-state index contributed by atoms with van der Waals surface area (Å²) in [6.45, 7) is 1.02. The summed E-state index contributed by atoms with van der Waals surface area (Å²) in [7, 11) is -3.93. The van der Waals surface area contributed by atoms with Gasteiger partial charge in [-0.2, -0.15) is 0 Å². The summed E-state index contributed by atoms with van der Waals surface area (Å²) < 4.78 is 27.6. The number of carbonyl (C=O) groups is 1. The second-order valence-electron chi connectivity index (χ2n) is 6.36. The van der Waals surface area contributed by atoms with Gasteiger partial charge in [-0.3, -0.25) is 9.10 Å². The van der Waals surface area contributed by atoms with Crippen molar-refractivity contribution in [3.05, 3.63) is 58.6 Å². The summed E-state index contributed by atoms with van der Waals surface area (Å²) in [6, 6.07) is 12.6. The van der Waals surface area contributed by atoms with Crippen LogP contribution in [-0.4, -0.2) is 38.9 Å². The van der Waals surface area contributed by atoms with Crippen LogP contribution in [0.4, 0.5) is 5.69 Å². The molecule has 1 amide bonds. The highest BCUT2D eigenvalue weighted by Gasteiger charge is 2.29. The number of carbonyl (C=O) groups excluding carboxylic acids is 1. The normalized spacial score (nSPS) is 14.8. The number of hydrogen-bond donors (Lipinski definition) is 0. The average molecular weight is 427 g/mol. The Morgan fingerprint density at radius 2 is 1.63 bits per heavy atom. The molecular formula is C19H20Cl2N2O3S. The maximum absolute atomic E-state index is 13.2. The molecule has 5 nitrogen and oxygen atoms in total. The molecular weight excluding hydrogens is 407 g/mol. The van der Waals surface area contributed by atoms with Crippen molar-refractivity contribution < 1.29 is 13.2 Å². The standard InChI is InChI=1S/C19H20Cl2N2O3S/c20-17-10-9-15(13-18(17)21)23(14-19(24)22-11-5-2-6-12-22)27(25,26)16-7-3-1-4-8-16/h1,3-4,7-10,13H,2,5-6,11-12,14H2. The first-order valence-electron chi connectivity index (χ1n) is 8.70. The molecule has 0 saturated carbocycles. The summed E-state index contributed by atoms with van der Waals surface area (Å²) in [5, 5.41) is 0.549. The maximum atomic E-state index is 13.2. The van der Waals surface area contributed by atoms with Gasteiger partial charge >= 0.3 is 0 Å². The van der Waals surface area contributed by atoms with Crippen LogP contribution in [0.2, 0.25) is 10.0 Å². The third-order valence-corrected chi connectivity index (χ3v) is 7.04. The fourth-order valence-electron chi connectivity index (χ4n) is 3.04. The monoisotopic (exact) mass is 426 g/mol. The van der Waals surface area contributed by atoms with E-state index in [-0.39, 0.29) is 22.4 Å². The van der Waals surface area contributed by atoms with E-state index in [0.29, 0.717) is 23.8 Å². The lowest BCUT2D eigenvalue weighted by Gasteiger charge is -2.30. The summed E-state index contributed by atoms with van der Waals surface area (Å²) in [6.07, 6.45) is 2.95. The summed E-state index contributed by atoms with van der Waals surface area (Å²) in [4.78, 5) is 14.6. The van der Waals surface area contributed by atoms with E-state index in [4.69, 9.17) is 23.2 Å². The average Bonchev–Trinajstić information content (AvgIpc) is 2.69. The third-order valence-electron chi connectivity index (χ3n) is 4.51. The zero-order valence-corrected chi connectivity index (χ0v) is 17.0. The number of halogens is 2. The SMILES string of the molecule is O=C(CN(c1ccc(Cl)c(Cl)c1)S(=O)(=O)c1ccccc1)N1CCCCC1. The van der Waals surface area contributed by atoms with Gasteiger partial charge in [-0.25, -0.2) is 8.42 Å². The second-order valence-corrected chi connectivity index (χ2v) is 9.04. The Morgan fingerprint density at radius 3 is 2.26 bits per heavy atom. The first kappa shape index (κ1) is 20.0. The van der Waals surface area contributed by atoms with Crippen LogP contribution in [0.3, 0.4) is 0 Å². The van der Waals surface area contributed by atoms with Crippen LogP contribution in [0, 0.1) is 0 Å². The van der Waals surface area contributed by atoms with Crippen molar-refractivity contribution in [3.63, 3.8) is 0 Å². The van der Waals surface area contributed by atoms with E-state index in [1.165, 1.54) is 24.3 Å². The zero-order valence-electron chi connectivity index (χ0n) is 14.6. The molecule has 0 aromatic heterocycles. The molecule has 1 aliphatic rings. The molecule has 3 rings (SSSR count). The number of benzene rings is 2. The van der Waals surface area contributed by atoms with E-state index < -0.39 is 10.0 Å². The number of sulfonamides is 1. The Labute approximate surface area is 169 Å². The molecule has 1 aliphatic heterocycles. The molecule has 27 heavy (non-hydrogen) atoms. The quantitative estimate of drug-likeness (QED) is 0.719. The van der Waals surface area contributed by atoms with Crippen molar-refractivity contribution >= 4 is 44.8 Å². The number of amides is 1. The fraction of sp³-hybridized carbons (Fsp3) is 0.316. The van der Waals surface area contributed by atoms with Gasteiger partial charge in [0.15, 0.2) is 0 Å². The first-order valence-corrected chi connectivity index (χ1v) is 10.9. The summed E-state index contributed by atoms with van der Waals surface area (Å²) >= 11 is 12.1. The molecule has 1 heterocycles. The topological polar surface area (TPSA) is 57.7 Å². The Hall–Kier alpha value is -1.76. The van der Waals surface area contributed by atoms with E-state index in [1.807, 2.05) is 0 Å². The van der Waals surface area contributed by atoms with Crippen LogP contribution in [0.25, 0.3) is 0 Å². The van der Waals surface area contributed by atoms with E-state index in [9.17, 15) is 13.2 Å². The molecule has 144 valence electrons. The van der Waals surface area contributed by atoms with Gasteiger partial charge in [0.2, 0.25) is 5.91 Å². The van der Waals surface area contributed by atoms with Crippen molar-refractivity contribution in [3.8, 4) is 0 Å². The van der Waals surface area contributed by atoms with Gasteiger partial charge in [0, 0.05) is 13.1 Å². The van der Waals surface area contributed by atoms with Crippen LogP contribution in [0.15, 0.2) is 53.4 Å². The van der Waals surface area contributed by atoms with Crippen molar-refractivity contribution in [2.24, 2.45) is 0 Å². The molecule has 0 unspecified atom stereocenters. The van der Waals surface area contributed by atoms with Crippen molar-refractivity contribution in [2.75, 3.05) is 23.9 Å². The van der Waals surface area contributed by atoms with Crippen LogP contribution in [0.5, 0.6) is 0 Å². The van der Waals surface area contributed by atoms with Gasteiger partial charge in [-0.05, 0) is 49.6 Å². The highest BCUT2D eigenvalue weighted by atomic mass is 35.5. The van der Waals surface area contributed by atoms with Gasteiger partial charge in [0.25, 0.3) is 10.0 Å². The molecule has 1 fully saturated rings. The van der Waals surface area contributed by atoms with Gasteiger partial charge in [0.05, 0.1) is 20.6 Å². The fourth-order valence-corrected chi connectivity index (χ4v) is 4.76. The predicted molar refractivity (Wildman–Crippen MR) is 108 cm³/mol. The summed E-state index contributed by atoms with van der Waals surface area (Å²) in [5.41, 5.74) is 0.304. The van der Waals surface area contributed by atoms with Gasteiger partial charge in [-0.1, -0.05) is 41.4 Å². The Balaban J connectivity index is 1.98. The van der Waals surface area contributed by atoms with Gasteiger partial charge in [0.1, 0.15) is 6.54 Å². The number of likely N-dealkylation sites (tertiary alicyclic amines) is 1. The highest BCUT2D eigenvalue weighted by molar-refractivity contribution is 7.92. The lowest BCUT2D eigenvalue weighted by Crippen LogP contribution is -2.44. The Morgan fingerprint density at radius 1 is 0.963 bits per heavy atom. The third kappa shape index (κ3) is 4.57. The molecule has 0 radical (unpaired) electrons. The van der Waals surface area contributed by atoms with Crippen molar-refractivity contribution in [1.29, 1.82) is 0 Å². The van der Waals surface area contributed by atoms with Crippen LogP contribution in [-0.2, 0) is 14.8 Å². The predicted octanol–water partition coefficient (Wildman–Crippen LogP) is 4.20. The molecule has 2 aromatic carbocycles. The number of anilines is 1. The van der Waals surface area contributed by atoms with E-state index >= 15 is 0 Å². The minimum atomic E-state index is -3.93. The molecule has 0 spiro atoms. The van der Waals surface area contributed by atoms with Crippen LogP contribution in [0.1, 0.15) is 19.3 Å². The number of piperidine rings is 1. The minimum absolute atomic E-state index is 0.113. The number of nitrogens with zero attached hydrogens (tertiary/aromatic N) is 2. The molecule has 1 saturated heterocycles. The number of hydrogen-bond acceptors (Lipinski definition) is 3. The molecule has 2 aromatic rings.